The molecule has 0 aliphatic carbocycles. The number of benzene rings is 2. The van der Waals surface area contributed by atoms with Gasteiger partial charge in [-0.2, -0.15) is 0 Å². The van der Waals surface area contributed by atoms with Crippen molar-refractivity contribution in [3.63, 3.8) is 0 Å². The summed E-state index contributed by atoms with van der Waals surface area (Å²) in [5.74, 6) is 2.70. The SMILES string of the molecule is CN=C(NCCc1ccc(S(N)(=O)=O)cc1)N1CCC(CSc2ccccc2)C1.I. The van der Waals surface area contributed by atoms with Gasteiger partial charge in [0.15, 0.2) is 5.96 Å². The van der Waals surface area contributed by atoms with Crippen LogP contribution in [0.4, 0.5) is 0 Å². The lowest BCUT2D eigenvalue weighted by Crippen LogP contribution is -2.41. The quantitative estimate of drug-likeness (QED) is 0.235. The molecule has 3 N–H and O–H groups in total. The summed E-state index contributed by atoms with van der Waals surface area (Å²) in [5.41, 5.74) is 1.05. The van der Waals surface area contributed by atoms with Crippen LogP contribution in [0.3, 0.4) is 0 Å². The average molecular weight is 561 g/mol. The Kier molecular flexibility index (Phi) is 9.92. The molecule has 0 saturated carbocycles. The van der Waals surface area contributed by atoms with Crippen molar-refractivity contribution in [1.29, 1.82) is 0 Å². The molecule has 9 heteroatoms. The molecule has 164 valence electrons. The van der Waals surface area contributed by atoms with E-state index in [9.17, 15) is 8.42 Å². The zero-order chi connectivity index (χ0) is 20.7. The molecule has 0 spiro atoms. The number of nitrogens with one attached hydrogen (secondary N) is 1. The van der Waals surface area contributed by atoms with Crippen LogP contribution in [0, 0.1) is 5.92 Å². The summed E-state index contributed by atoms with van der Waals surface area (Å²) in [4.78, 5) is 8.21. The molecule has 30 heavy (non-hydrogen) atoms. The number of thioether (sulfide) groups is 1. The number of halogens is 1. The largest absolute Gasteiger partial charge is 0.356 e. The summed E-state index contributed by atoms with van der Waals surface area (Å²) in [7, 11) is -1.82. The molecule has 1 aliphatic heterocycles. The van der Waals surface area contributed by atoms with Crippen molar-refractivity contribution in [3.8, 4) is 0 Å². The maximum absolute atomic E-state index is 11.3. The number of guanidine groups is 1. The molecule has 1 fully saturated rings. The number of primary sulfonamides is 1. The van der Waals surface area contributed by atoms with Crippen LogP contribution in [0.1, 0.15) is 12.0 Å². The lowest BCUT2D eigenvalue weighted by molar-refractivity contribution is 0.475. The first-order chi connectivity index (χ1) is 14.0. The highest BCUT2D eigenvalue weighted by molar-refractivity contribution is 14.0. The Bertz CT molecular complexity index is 922. The van der Waals surface area contributed by atoms with Crippen molar-refractivity contribution >= 4 is 51.7 Å². The van der Waals surface area contributed by atoms with Crippen LogP contribution in [0.25, 0.3) is 0 Å². The second-order valence-electron chi connectivity index (χ2n) is 7.14. The highest BCUT2D eigenvalue weighted by Crippen LogP contribution is 2.25. The molecule has 1 unspecified atom stereocenters. The molecule has 0 radical (unpaired) electrons. The fourth-order valence-corrected chi connectivity index (χ4v) is 4.95. The summed E-state index contributed by atoms with van der Waals surface area (Å²) in [5, 5.41) is 8.56. The van der Waals surface area contributed by atoms with Gasteiger partial charge in [0.25, 0.3) is 0 Å². The van der Waals surface area contributed by atoms with Gasteiger partial charge in [-0.3, -0.25) is 4.99 Å². The van der Waals surface area contributed by atoms with Crippen molar-refractivity contribution in [2.45, 2.75) is 22.6 Å². The van der Waals surface area contributed by atoms with Gasteiger partial charge in [-0.05, 0) is 48.6 Å². The molecule has 0 amide bonds. The molecule has 2 aromatic carbocycles. The average Bonchev–Trinajstić information content (AvgIpc) is 3.19. The van der Waals surface area contributed by atoms with Crippen molar-refractivity contribution in [3.05, 3.63) is 60.2 Å². The maximum atomic E-state index is 11.3. The Morgan fingerprint density at radius 3 is 2.53 bits per heavy atom. The predicted molar refractivity (Wildman–Crippen MR) is 135 cm³/mol. The van der Waals surface area contributed by atoms with Crippen molar-refractivity contribution in [2.24, 2.45) is 16.0 Å². The molecule has 0 aromatic heterocycles. The number of hydrogen-bond donors (Lipinski definition) is 2. The first-order valence-electron chi connectivity index (χ1n) is 9.71. The third-order valence-corrected chi connectivity index (χ3v) is 7.15. The second kappa shape index (κ2) is 11.9. The Morgan fingerprint density at radius 2 is 1.90 bits per heavy atom. The molecule has 1 heterocycles. The Morgan fingerprint density at radius 1 is 1.20 bits per heavy atom. The number of nitrogens with zero attached hydrogens (tertiary/aromatic N) is 2. The van der Waals surface area contributed by atoms with E-state index in [1.165, 1.54) is 11.3 Å². The van der Waals surface area contributed by atoms with Crippen LogP contribution < -0.4 is 10.5 Å². The molecule has 2 aromatic rings. The summed E-state index contributed by atoms with van der Waals surface area (Å²) in [6.07, 6.45) is 1.96. The van der Waals surface area contributed by atoms with Gasteiger partial charge in [0.1, 0.15) is 0 Å². The van der Waals surface area contributed by atoms with E-state index in [1.54, 1.807) is 24.3 Å². The van der Waals surface area contributed by atoms with Crippen molar-refractivity contribution in [1.82, 2.24) is 10.2 Å². The third-order valence-electron chi connectivity index (χ3n) is 4.97. The van der Waals surface area contributed by atoms with Crippen LogP contribution in [0.5, 0.6) is 0 Å². The van der Waals surface area contributed by atoms with Crippen LogP contribution in [-0.4, -0.2) is 51.7 Å². The van der Waals surface area contributed by atoms with Crippen LogP contribution >= 0.6 is 35.7 Å². The van der Waals surface area contributed by atoms with E-state index in [4.69, 9.17) is 5.14 Å². The molecular formula is C21H29IN4O2S2. The van der Waals surface area contributed by atoms with Crippen molar-refractivity contribution in [2.75, 3.05) is 32.4 Å². The van der Waals surface area contributed by atoms with E-state index in [2.05, 4.69) is 39.5 Å². The molecule has 1 atom stereocenters. The fraction of sp³-hybridized carbons (Fsp3) is 0.381. The molecule has 3 rings (SSSR count). The van der Waals surface area contributed by atoms with Crippen LogP contribution in [0.15, 0.2) is 69.4 Å². The van der Waals surface area contributed by atoms with E-state index < -0.39 is 10.0 Å². The van der Waals surface area contributed by atoms with Crippen molar-refractivity contribution < 1.29 is 8.42 Å². The molecular weight excluding hydrogens is 531 g/mol. The molecule has 1 saturated heterocycles. The predicted octanol–water partition coefficient (Wildman–Crippen LogP) is 3.18. The number of nitrogens with two attached hydrogens (primary N) is 1. The highest BCUT2D eigenvalue weighted by atomic mass is 127. The highest BCUT2D eigenvalue weighted by Gasteiger charge is 2.24. The van der Waals surface area contributed by atoms with E-state index >= 15 is 0 Å². The fourth-order valence-electron chi connectivity index (χ4n) is 3.39. The Hall–Kier alpha value is -1.30. The number of hydrogen-bond acceptors (Lipinski definition) is 4. The monoisotopic (exact) mass is 560 g/mol. The standard InChI is InChI=1S/C21H28N4O2S2.HI/c1-23-21(24-13-11-17-7-9-20(10-8-17)29(22,26)27)25-14-12-18(15-25)16-28-19-5-3-2-4-6-19;/h2-10,18H,11-16H2,1H3,(H,23,24)(H2,22,26,27);1H. The molecule has 0 bridgehead atoms. The number of rotatable bonds is 7. The maximum Gasteiger partial charge on any atom is 0.238 e. The van der Waals surface area contributed by atoms with E-state index in [0.29, 0.717) is 5.92 Å². The topological polar surface area (TPSA) is 87.8 Å². The van der Waals surface area contributed by atoms with Gasteiger partial charge in [-0.1, -0.05) is 30.3 Å². The smallest absolute Gasteiger partial charge is 0.238 e. The first-order valence-corrected chi connectivity index (χ1v) is 12.2. The van der Waals surface area contributed by atoms with E-state index in [0.717, 1.165) is 43.3 Å². The minimum atomic E-state index is -3.64. The molecule has 1 aliphatic rings. The third kappa shape index (κ3) is 7.44. The van der Waals surface area contributed by atoms with Gasteiger partial charge in [0.05, 0.1) is 4.90 Å². The minimum Gasteiger partial charge on any atom is -0.356 e. The lowest BCUT2D eigenvalue weighted by Gasteiger charge is -2.21. The summed E-state index contributed by atoms with van der Waals surface area (Å²) in [6.45, 7) is 2.77. The van der Waals surface area contributed by atoms with Gasteiger partial charge < -0.3 is 10.2 Å². The zero-order valence-corrected chi connectivity index (χ0v) is 21.0. The van der Waals surface area contributed by atoms with E-state index in [-0.39, 0.29) is 28.9 Å². The van der Waals surface area contributed by atoms with Gasteiger partial charge >= 0.3 is 0 Å². The van der Waals surface area contributed by atoms with Gasteiger partial charge in [0, 0.05) is 37.3 Å². The normalized spacial score (nSPS) is 16.9. The number of sulfonamides is 1. The number of aliphatic imine (C=N–C) groups is 1. The van der Waals surface area contributed by atoms with Crippen LogP contribution in [-0.2, 0) is 16.4 Å². The van der Waals surface area contributed by atoms with Gasteiger partial charge in [-0.15, -0.1) is 35.7 Å². The lowest BCUT2D eigenvalue weighted by atomic mass is 10.1. The Labute approximate surface area is 200 Å². The van der Waals surface area contributed by atoms with Gasteiger partial charge in [-0.25, -0.2) is 13.6 Å². The second-order valence-corrected chi connectivity index (χ2v) is 9.79. The van der Waals surface area contributed by atoms with E-state index in [1.807, 2.05) is 24.9 Å². The van der Waals surface area contributed by atoms with Crippen LogP contribution in [0.2, 0.25) is 0 Å². The first kappa shape index (κ1) is 25.0. The Balaban J connectivity index is 0.00000320. The summed E-state index contributed by atoms with van der Waals surface area (Å²) in [6, 6.07) is 17.2. The van der Waals surface area contributed by atoms with Gasteiger partial charge in [0.2, 0.25) is 10.0 Å². The summed E-state index contributed by atoms with van der Waals surface area (Å²) >= 11 is 1.92. The minimum absolute atomic E-state index is 0. The summed E-state index contributed by atoms with van der Waals surface area (Å²) < 4.78 is 22.7. The zero-order valence-electron chi connectivity index (χ0n) is 17.0. The molecule has 6 nitrogen and oxygen atoms in total. The number of likely N-dealkylation sites (tertiary alicyclic amines) is 1.